The summed E-state index contributed by atoms with van der Waals surface area (Å²) in [5.74, 6) is 1.78. The monoisotopic (exact) mass is 557 g/mol. The zero-order valence-corrected chi connectivity index (χ0v) is 23.6. The number of anilines is 1. The van der Waals surface area contributed by atoms with Crippen molar-refractivity contribution in [3.05, 3.63) is 48.0 Å². The molecular formula is C32H36FN5O3. The molecule has 0 spiro atoms. The van der Waals surface area contributed by atoms with Crippen molar-refractivity contribution in [2.24, 2.45) is 10.8 Å². The van der Waals surface area contributed by atoms with Gasteiger partial charge >= 0.3 is 6.01 Å². The lowest BCUT2D eigenvalue weighted by Gasteiger charge is -2.66. The fourth-order valence-corrected chi connectivity index (χ4v) is 8.41. The molecule has 7 saturated carbocycles. The minimum absolute atomic E-state index is 0.0469. The maximum Gasteiger partial charge on any atom is 0.316 e. The summed E-state index contributed by atoms with van der Waals surface area (Å²) in [6, 6.07) is 10.4. The number of carbonyl (C=O) groups is 1. The van der Waals surface area contributed by atoms with E-state index in [0.717, 1.165) is 74.1 Å². The summed E-state index contributed by atoms with van der Waals surface area (Å²) < 4.78 is 25.3. The molecule has 8 nitrogen and oxygen atoms in total. The van der Waals surface area contributed by atoms with E-state index in [9.17, 15) is 9.18 Å². The first-order valence-electron chi connectivity index (χ1n) is 15.1. The summed E-state index contributed by atoms with van der Waals surface area (Å²) in [5, 5.41) is 4.19. The molecule has 7 aliphatic rings. The van der Waals surface area contributed by atoms with Crippen LogP contribution in [0.4, 0.5) is 10.1 Å². The molecule has 41 heavy (non-hydrogen) atoms. The van der Waals surface area contributed by atoms with Gasteiger partial charge in [-0.05, 0) is 106 Å². The van der Waals surface area contributed by atoms with Gasteiger partial charge in [-0.1, -0.05) is 11.2 Å². The van der Waals surface area contributed by atoms with Crippen LogP contribution in [0.1, 0.15) is 94.5 Å². The van der Waals surface area contributed by atoms with Gasteiger partial charge in [-0.25, -0.2) is 9.37 Å². The Kier molecular flexibility index (Phi) is 5.46. The molecule has 4 bridgehead atoms. The van der Waals surface area contributed by atoms with E-state index in [1.807, 2.05) is 35.2 Å². The van der Waals surface area contributed by atoms with Gasteiger partial charge < -0.3 is 14.2 Å². The molecule has 3 aromatic rings. The van der Waals surface area contributed by atoms with Gasteiger partial charge in [-0.3, -0.25) is 4.79 Å². The van der Waals surface area contributed by atoms with E-state index in [4.69, 9.17) is 14.2 Å². The van der Waals surface area contributed by atoms with Crippen molar-refractivity contribution in [2.75, 3.05) is 18.6 Å². The molecule has 214 valence electrons. The summed E-state index contributed by atoms with van der Waals surface area (Å²) in [6.07, 6.45) is 12.2. The molecule has 10 rings (SSSR count). The Labute approximate surface area is 239 Å². The van der Waals surface area contributed by atoms with Gasteiger partial charge in [0.2, 0.25) is 5.91 Å². The van der Waals surface area contributed by atoms with E-state index in [-0.39, 0.29) is 22.2 Å². The Balaban J connectivity index is 1.06. The van der Waals surface area contributed by atoms with Gasteiger partial charge in [0.15, 0.2) is 5.82 Å². The first kappa shape index (κ1) is 25.4. The summed E-state index contributed by atoms with van der Waals surface area (Å²) in [6.45, 7) is 0.673. The number of hydrogen-bond donors (Lipinski definition) is 0. The number of nitrogens with zero attached hydrogens (tertiary/aromatic N) is 5. The molecule has 7 fully saturated rings. The lowest BCUT2D eigenvalue weighted by Crippen LogP contribution is -2.65. The van der Waals surface area contributed by atoms with E-state index >= 15 is 0 Å². The van der Waals surface area contributed by atoms with Gasteiger partial charge in [-0.2, -0.15) is 9.97 Å². The van der Waals surface area contributed by atoms with Crippen molar-refractivity contribution in [1.29, 1.82) is 0 Å². The number of ether oxygens (including phenoxy) is 1. The first-order valence-corrected chi connectivity index (χ1v) is 15.1. The smallest absolute Gasteiger partial charge is 0.316 e. The Morgan fingerprint density at radius 3 is 2.49 bits per heavy atom. The van der Waals surface area contributed by atoms with E-state index in [2.05, 4.69) is 15.1 Å². The normalized spacial score (nSPS) is 33.1. The van der Waals surface area contributed by atoms with Gasteiger partial charge in [0.1, 0.15) is 5.67 Å². The molecule has 0 aliphatic heterocycles. The number of fused-ring (bicyclic) bond motifs is 3. The van der Waals surface area contributed by atoms with Crippen LogP contribution in [-0.4, -0.2) is 45.3 Å². The largest absolute Gasteiger partial charge is 0.467 e. The Hall–Kier alpha value is -3.36. The number of rotatable bonds is 9. The molecule has 0 unspecified atom stereocenters. The third kappa shape index (κ3) is 4.26. The van der Waals surface area contributed by atoms with Crippen LogP contribution in [0, 0.1) is 10.8 Å². The molecule has 2 heterocycles. The average Bonchev–Trinajstić information content (AvgIpc) is 3.71. The molecule has 0 atom stereocenters. The fraction of sp³-hybridized carbons (Fsp3) is 0.594. The quantitative estimate of drug-likeness (QED) is 0.304. The van der Waals surface area contributed by atoms with Crippen molar-refractivity contribution < 1.29 is 18.4 Å². The second-order valence-corrected chi connectivity index (χ2v) is 13.8. The minimum Gasteiger partial charge on any atom is -0.467 e. The minimum atomic E-state index is -1.01. The predicted octanol–water partition coefficient (Wildman–Crippen LogP) is 6.32. The number of benzene rings is 1. The van der Waals surface area contributed by atoms with Crippen LogP contribution in [0.15, 0.2) is 41.1 Å². The van der Waals surface area contributed by atoms with E-state index < -0.39 is 5.67 Å². The molecule has 0 N–H and O–H groups in total. The van der Waals surface area contributed by atoms with Gasteiger partial charge in [-0.15, -0.1) is 0 Å². The molecule has 9 heteroatoms. The topological polar surface area (TPSA) is 94.2 Å². The van der Waals surface area contributed by atoms with E-state index in [1.54, 1.807) is 13.3 Å². The average molecular weight is 558 g/mol. The Bertz CT molecular complexity index is 1470. The molecule has 0 radical (unpaired) electrons. The van der Waals surface area contributed by atoms with Crippen LogP contribution in [0.2, 0.25) is 0 Å². The lowest BCUT2D eigenvalue weighted by molar-refractivity contribution is -0.215. The summed E-state index contributed by atoms with van der Waals surface area (Å²) >= 11 is 0. The van der Waals surface area contributed by atoms with E-state index in [1.165, 1.54) is 0 Å². The zero-order chi connectivity index (χ0) is 27.9. The van der Waals surface area contributed by atoms with Crippen LogP contribution >= 0.6 is 0 Å². The maximum absolute atomic E-state index is 14.3. The molecule has 0 saturated heterocycles. The number of hydrogen-bond acceptors (Lipinski definition) is 7. The third-order valence-corrected chi connectivity index (χ3v) is 10.9. The fourth-order valence-electron chi connectivity index (χ4n) is 8.41. The predicted molar refractivity (Wildman–Crippen MR) is 149 cm³/mol. The highest BCUT2D eigenvalue weighted by Gasteiger charge is 2.69. The summed E-state index contributed by atoms with van der Waals surface area (Å²) in [7, 11) is 1.61. The Morgan fingerprint density at radius 2 is 1.80 bits per heavy atom. The highest BCUT2D eigenvalue weighted by molar-refractivity contribution is 5.94. The van der Waals surface area contributed by atoms with Gasteiger partial charge in [0.05, 0.1) is 12.8 Å². The van der Waals surface area contributed by atoms with Crippen LogP contribution in [0.3, 0.4) is 0 Å². The highest BCUT2D eigenvalue weighted by Crippen LogP contribution is 2.71. The molecule has 2 aromatic heterocycles. The van der Waals surface area contributed by atoms with Gasteiger partial charge in [0.25, 0.3) is 5.89 Å². The maximum atomic E-state index is 14.3. The van der Waals surface area contributed by atoms with Crippen molar-refractivity contribution >= 4 is 11.6 Å². The lowest BCUT2D eigenvalue weighted by atomic mass is 9.41. The number of carbonyl (C=O) groups excluding carboxylic acids is 1. The zero-order valence-electron chi connectivity index (χ0n) is 23.6. The molecule has 1 aromatic carbocycles. The molecule has 7 aliphatic carbocycles. The molecule has 1 amide bonds. The standard InChI is InChI=1S/C32H36FN5O3/c1-40-28-34-14-7-24(35-28)31-11-8-29(9-12-31,10-13-31)20-38(25(39)16-30-17-32(33,18-30)19-30)23-4-2-3-22(15-23)27-36-26(37-41-27)21-5-6-21/h2-4,7,14-15,21H,5-6,8-13,16-20H2,1H3. The van der Waals surface area contributed by atoms with E-state index in [0.29, 0.717) is 50.0 Å². The summed E-state index contributed by atoms with van der Waals surface area (Å²) in [4.78, 5) is 29.6. The Morgan fingerprint density at radius 1 is 1.05 bits per heavy atom. The summed E-state index contributed by atoms with van der Waals surface area (Å²) in [5.41, 5.74) is 1.70. The van der Waals surface area contributed by atoms with Gasteiger partial charge in [0, 0.05) is 41.7 Å². The van der Waals surface area contributed by atoms with Crippen LogP contribution in [0.25, 0.3) is 11.5 Å². The third-order valence-electron chi connectivity index (χ3n) is 10.9. The second kappa shape index (κ2) is 8.82. The molecular weight excluding hydrogens is 521 g/mol. The number of alkyl halides is 1. The number of halogens is 1. The second-order valence-electron chi connectivity index (χ2n) is 13.8. The first-order chi connectivity index (χ1) is 19.8. The van der Waals surface area contributed by atoms with Crippen molar-refractivity contribution in [2.45, 2.75) is 94.1 Å². The van der Waals surface area contributed by atoms with Crippen LogP contribution in [-0.2, 0) is 10.2 Å². The van der Waals surface area contributed by atoms with Crippen LogP contribution in [0.5, 0.6) is 6.01 Å². The number of amides is 1. The van der Waals surface area contributed by atoms with Crippen molar-refractivity contribution in [3.8, 4) is 17.5 Å². The number of aromatic nitrogens is 4. The SMILES string of the molecule is COc1nccc(C23CCC(CN(C(=O)CC45CC(F)(C4)C5)c4cccc(-c5nc(C6CC6)no5)c4)(CC2)CC3)n1. The van der Waals surface area contributed by atoms with Crippen molar-refractivity contribution in [1.82, 2.24) is 20.1 Å². The van der Waals surface area contributed by atoms with Crippen molar-refractivity contribution in [3.63, 3.8) is 0 Å². The highest BCUT2D eigenvalue weighted by atomic mass is 19.1. The number of methoxy groups -OCH3 is 1. The van der Waals surface area contributed by atoms with Crippen LogP contribution < -0.4 is 9.64 Å².